The summed E-state index contributed by atoms with van der Waals surface area (Å²) < 4.78 is 10.4. The summed E-state index contributed by atoms with van der Waals surface area (Å²) in [4.78, 5) is 25.3. The molecule has 0 aliphatic heterocycles. The summed E-state index contributed by atoms with van der Waals surface area (Å²) >= 11 is 0. The molecule has 152 valence electrons. The Kier molecular flexibility index (Phi) is 8.56. The van der Waals surface area contributed by atoms with E-state index >= 15 is 0 Å². The van der Waals surface area contributed by atoms with Crippen molar-refractivity contribution in [3.05, 3.63) is 23.8 Å². The summed E-state index contributed by atoms with van der Waals surface area (Å²) in [6, 6.07) is 4.21. The molecule has 2 amide bonds. The Morgan fingerprint density at radius 2 is 1.59 bits per heavy atom. The average Bonchev–Trinajstić information content (AvgIpc) is 2.68. The van der Waals surface area contributed by atoms with Crippen LogP contribution in [0.15, 0.2) is 18.2 Å². The van der Waals surface area contributed by atoms with E-state index in [2.05, 4.69) is 10.6 Å². The molecule has 1 atom stereocenters. The first kappa shape index (κ1) is 22.8. The van der Waals surface area contributed by atoms with Crippen molar-refractivity contribution < 1.29 is 19.1 Å². The van der Waals surface area contributed by atoms with Gasteiger partial charge >= 0.3 is 0 Å². The molecule has 1 rings (SSSR count). The molecule has 27 heavy (non-hydrogen) atoms. The van der Waals surface area contributed by atoms with E-state index in [1.54, 1.807) is 18.2 Å². The molecule has 0 bridgehead atoms. The molecule has 0 spiro atoms. The molecule has 4 N–H and O–H groups in total. The van der Waals surface area contributed by atoms with Gasteiger partial charge < -0.3 is 25.8 Å². The van der Waals surface area contributed by atoms with Crippen LogP contribution in [0, 0.1) is 5.92 Å². The molecule has 7 nitrogen and oxygen atoms in total. The summed E-state index contributed by atoms with van der Waals surface area (Å²) in [5.41, 5.74) is 6.17. The van der Waals surface area contributed by atoms with Crippen LogP contribution in [0.3, 0.4) is 0 Å². The van der Waals surface area contributed by atoms with Crippen molar-refractivity contribution in [2.75, 3.05) is 20.8 Å². The van der Waals surface area contributed by atoms with Crippen molar-refractivity contribution in [3.8, 4) is 11.5 Å². The summed E-state index contributed by atoms with van der Waals surface area (Å²) in [6.07, 6.45) is 1.51. The van der Waals surface area contributed by atoms with Gasteiger partial charge in [0.15, 0.2) is 0 Å². The molecule has 1 aromatic rings. The second-order valence-electron chi connectivity index (χ2n) is 7.08. The maximum Gasteiger partial charge on any atom is 0.252 e. The predicted molar refractivity (Wildman–Crippen MR) is 106 cm³/mol. The fraction of sp³-hybridized carbons (Fsp3) is 0.600. The fourth-order valence-electron chi connectivity index (χ4n) is 2.57. The predicted octanol–water partition coefficient (Wildman–Crippen LogP) is 2.09. The minimum Gasteiger partial charge on any atom is -0.497 e. The van der Waals surface area contributed by atoms with Gasteiger partial charge in [-0.15, -0.1) is 0 Å². The van der Waals surface area contributed by atoms with Gasteiger partial charge in [0.05, 0.1) is 14.2 Å². The molecule has 0 aromatic heterocycles. The van der Waals surface area contributed by atoms with Crippen molar-refractivity contribution in [1.29, 1.82) is 0 Å². The van der Waals surface area contributed by atoms with Crippen LogP contribution in [0.5, 0.6) is 11.5 Å². The number of amides is 2. The van der Waals surface area contributed by atoms with Crippen LogP contribution in [-0.4, -0.2) is 44.2 Å². The first-order chi connectivity index (χ1) is 12.7. The molecule has 0 aliphatic carbocycles. The highest BCUT2D eigenvalue weighted by atomic mass is 16.5. The normalized spacial score (nSPS) is 12.4. The number of rotatable bonds is 10. The van der Waals surface area contributed by atoms with Crippen molar-refractivity contribution >= 4 is 11.8 Å². The number of hydrogen-bond acceptors (Lipinski definition) is 5. The van der Waals surface area contributed by atoms with Crippen LogP contribution in [0.1, 0.15) is 50.9 Å². The van der Waals surface area contributed by atoms with E-state index in [9.17, 15) is 9.59 Å². The maximum absolute atomic E-state index is 12.7. The van der Waals surface area contributed by atoms with E-state index in [0.717, 1.165) is 12.8 Å². The molecule has 7 heteroatoms. The van der Waals surface area contributed by atoms with E-state index in [1.165, 1.54) is 14.2 Å². The smallest absolute Gasteiger partial charge is 0.252 e. The first-order valence-corrected chi connectivity index (χ1v) is 9.30. The second-order valence-corrected chi connectivity index (χ2v) is 7.08. The van der Waals surface area contributed by atoms with Crippen LogP contribution >= 0.6 is 0 Å². The van der Waals surface area contributed by atoms with Gasteiger partial charge in [-0.25, -0.2) is 0 Å². The lowest BCUT2D eigenvalue weighted by Gasteiger charge is -2.29. The topological polar surface area (TPSA) is 103 Å². The zero-order valence-electron chi connectivity index (χ0n) is 17.2. The van der Waals surface area contributed by atoms with Crippen LogP contribution in [0.4, 0.5) is 0 Å². The molecular weight excluding hydrogens is 346 g/mol. The van der Waals surface area contributed by atoms with E-state index < -0.39 is 11.6 Å². The summed E-state index contributed by atoms with van der Waals surface area (Å²) in [5.74, 6) is 0.306. The lowest BCUT2D eigenvalue weighted by Crippen LogP contribution is -2.55. The SMILES string of the molecule is CCC(N)(CC)CNC(=O)C(NC(=O)c1cc(OC)cc(OC)c1)C(C)C. The Labute approximate surface area is 162 Å². The Morgan fingerprint density at radius 3 is 2.00 bits per heavy atom. The van der Waals surface area contributed by atoms with Gasteiger partial charge in [-0.3, -0.25) is 9.59 Å². The van der Waals surface area contributed by atoms with Crippen LogP contribution in [0.25, 0.3) is 0 Å². The van der Waals surface area contributed by atoms with E-state index in [4.69, 9.17) is 15.2 Å². The number of carbonyl (C=O) groups excluding carboxylic acids is 2. The number of carbonyl (C=O) groups is 2. The molecule has 1 aromatic carbocycles. The van der Waals surface area contributed by atoms with Crippen LogP contribution in [0.2, 0.25) is 0 Å². The molecule has 0 heterocycles. The molecule has 0 saturated carbocycles. The minimum absolute atomic E-state index is 0.0862. The molecule has 0 saturated heterocycles. The zero-order valence-corrected chi connectivity index (χ0v) is 17.2. The zero-order chi connectivity index (χ0) is 20.6. The van der Waals surface area contributed by atoms with Crippen molar-refractivity contribution in [2.24, 2.45) is 11.7 Å². The van der Waals surface area contributed by atoms with Gasteiger partial charge in [0.1, 0.15) is 17.5 Å². The molecule has 1 unspecified atom stereocenters. The molecule has 0 radical (unpaired) electrons. The highest BCUT2D eigenvalue weighted by Gasteiger charge is 2.28. The van der Waals surface area contributed by atoms with E-state index in [0.29, 0.717) is 23.6 Å². The maximum atomic E-state index is 12.7. The summed E-state index contributed by atoms with van der Waals surface area (Å²) in [6.45, 7) is 8.12. The number of hydrogen-bond donors (Lipinski definition) is 3. The Hall–Kier alpha value is -2.28. The Balaban J connectivity index is 2.90. The summed E-state index contributed by atoms with van der Waals surface area (Å²) in [5, 5.41) is 5.68. The van der Waals surface area contributed by atoms with Crippen molar-refractivity contribution in [1.82, 2.24) is 10.6 Å². The first-order valence-electron chi connectivity index (χ1n) is 9.30. The number of nitrogens with one attached hydrogen (secondary N) is 2. The fourth-order valence-corrected chi connectivity index (χ4v) is 2.57. The standard InChI is InChI=1S/C20H33N3O4/c1-7-20(21,8-2)12-22-19(25)17(13(3)4)23-18(24)14-9-15(26-5)11-16(10-14)27-6/h9-11,13,17H,7-8,12,21H2,1-6H3,(H,22,25)(H,23,24). The monoisotopic (exact) mass is 379 g/mol. The largest absolute Gasteiger partial charge is 0.497 e. The third-order valence-corrected chi connectivity index (χ3v) is 4.87. The number of ether oxygens (including phenoxy) is 2. The quantitative estimate of drug-likeness (QED) is 0.578. The van der Waals surface area contributed by atoms with Crippen LogP contribution in [-0.2, 0) is 4.79 Å². The van der Waals surface area contributed by atoms with Crippen LogP contribution < -0.4 is 25.8 Å². The number of methoxy groups -OCH3 is 2. The van der Waals surface area contributed by atoms with E-state index in [1.807, 2.05) is 27.7 Å². The highest BCUT2D eigenvalue weighted by molar-refractivity contribution is 5.98. The highest BCUT2D eigenvalue weighted by Crippen LogP contribution is 2.22. The third-order valence-electron chi connectivity index (χ3n) is 4.87. The Bertz CT molecular complexity index is 620. The van der Waals surface area contributed by atoms with Gasteiger partial charge in [-0.05, 0) is 30.9 Å². The lowest BCUT2D eigenvalue weighted by molar-refractivity contribution is -0.124. The average molecular weight is 380 g/mol. The van der Waals surface area contributed by atoms with Crippen molar-refractivity contribution in [3.63, 3.8) is 0 Å². The van der Waals surface area contributed by atoms with Gasteiger partial charge in [0, 0.05) is 23.7 Å². The molecule has 0 fully saturated rings. The number of nitrogens with two attached hydrogens (primary N) is 1. The van der Waals surface area contributed by atoms with Crippen molar-refractivity contribution in [2.45, 2.75) is 52.1 Å². The van der Waals surface area contributed by atoms with Gasteiger partial charge in [-0.1, -0.05) is 27.7 Å². The van der Waals surface area contributed by atoms with Gasteiger partial charge in [-0.2, -0.15) is 0 Å². The lowest BCUT2D eigenvalue weighted by atomic mass is 9.94. The Morgan fingerprint density at radius 1 is 1.07 bits per heavy atom. The molecular formula is C20H33N3O4. The molecule has 0 aliphatic rings. The van der Waals surface area contributed by atoms with E-state index in [-0.39, 0.29) is 17.7 Å². The third kappa shape index (κ3) is 6.43. The summed E-state index contributed by atoms with van der Waals surface area (Å²) in [7, 11) is 3.03. The number of benzene rings is 1. The second kappa shape index (κ2) is 10.2. The minimum atomic E-state index is -0.673. The van der Waals surface area contributed by atoms with Gasteiger partial charge in [0.25, 0.3) is 5.91 Å². The van der Waals surface area contributed by atoms with Gasteiger partial charge in [0.2, 0.25) is 5.91 Å².